The van der Waals surface area contributed by atoms with Crippen molar-refractivity contribution >= 4 is 12.6 Å². The average molecular weight is 263 g/mol. The molecule has 1 aromatic carbocycles. The molecule has 2 nitrogen and oxygen atoms in total. The smallest absolute Gasteiger partial charge is 0.123 e. The Morgan fingerprint density at radius 3 is 2.56 bits per heavy atom. The summed E-state index contributed by atoms with van der Waals surface area (Å²) >= 11 is 4.39. The van der Waals surface area contributed by atoms with Crippen LogP contribution in [0, 0.1) is 29.6 Å². The summed E-state index contributed by atoms with van der Waals surface area (Å²) in [5.74, 6) is 1.97. The zero-order chi connectivity index (χ0) is 13.8. The van der Waals surface area contributed by atoms with Crippen LogP contribution in [0.4, 0.5) is 0 Å². The first-order valence-electron chi connectivity index (χ1n) is 6.13. The van der Waals surface area contributed by atoms with Crippen molar-refractivity contribution in [1.82, 2.24) is 0 Å². The second-order valence-electron chi connectivity index (χ2n) is 5.65. The minimum absolute atomic E-state index is 0.169. The van der Waals surface area contributed by atoms with Crippen molar-refractivity contribution in [2.45, 2.75) is 27.7 Å². The van der Waals surface area contributed by atoms with Crippen LogP contribution >= 0.6 is 12.6 Å². The Bertz CT molecular complexity index is 443. The van der Waals surface area contributed by atoms with E-state index in [0.29, 0.717) is 18.1 Å². The third-order valence-corrected chi connectivity index (χ3v) is 3.64. The minimum atomic E-state index is 0.169. The minimum Gasteiger partial charge on any atom is -0.493 e. The van der Waals surface area contributed by atoms with E-state index in [4.69, 9.17) is 10.00 Å². The van der Waals surface area contributed by atoms with Gasteiger partial charge in [0.1, 0.15) is 5.75 Å². The van der Waals surface area contributed by atoms with Gasteiger partial charge in [0.05, 0.1) is 18.2 Å². The Morgan fingerprint density at radius 1 is 1.39 bits per heavy atom. The van der Waals surface area contributed by atoms with Crippen LogP contribution in [0.3, 0.4) is 0 Å². The molecule has 0 saturated carbocycles. The lowest BCUT2D eigenvalue weighted by Crippen LogP contribution is -2.28. The molecule has 0 spiro atoms. The molecule has 0 bridgehead atoms. The fourth-order valence-electron chi connectivity index (χ4n) is 1.59. The van der Waals surface area contributed by atoms with Crippen LogP contribution in [0.15, 0.2) is 18.2 Å². The first kappa shape index (κ1) is 14.9. The zero-order valence-electron chi connectivity index (χ0n) is 11.5. The van der Waals surface area contributed by atoms with Gasteiger partial charge < -0.3 is 4.74 Å². The average Bonchev–Trinajstić information content (AvgIpc) is 2.30. The van der Waals surface area contributed by atoms with Crippen molar-refractivity contribution in [3.63, 3.8) is 0 Å². The first-order chi connectivity index (χ1) is 8.38. The lowest BCUT2D eigenvalue weighted by molar-refractivity contribution is 0.164. The molecule has 0 N–H and O–H groups in total. The SMILES string of the molecule is Cc1ccc(C#N)cc1OCC(CS)C(C)(C)C. The molecule has 0 aliphatic heterocycles. The Hall–Kier alpha value is -1.14. The van der Waals surface area contributed by atoms with Gasteiger partial charge in [0.25, 0.3) is 0 Å². The number of benzene rings is 1. The largest absolute Gasteiger partial charge is 0.493 e. The highest BCUT2D eigenvalue weighted by Gasteiger charge is 2.24. The van der Waals surface area contributed by atoms with E-state index in [1.807, 2.05) is 19.1 Å². The molecule has 0 aliphatic rings. The molecule has 0 amide bonds. The van der Waals surface area contributed by atoms with Gasteiger partial charge in [0.2, 0.25) is 0 Å². The van der Waals surface area contributed by atoms with E-state index in [2.05, 4.69) is 39.5 Å². The van der Waals surface area contributed by atoms with Crippen molar-refractivity contribution in [2.75, 3.05) is 12.4 Å². The zero-order valence-corrected chi connectivity index (χ0v) is 12.4. The normalized spacial score (nSPS) is 12.9. The highest BCUT2D eigenvalue weighted by molar-refractivity contribution is 7.80. The second-order valence-corrected chi connectivity index (χ2v) is 6.01. The summed E-state index contributed by atoms with van der Waals surface area (Å²) in [5.41, 5.74) is 1.86. The summed E-state index contributed by atoms with van der Waals surface area (Å²) in [6.07, 6.45) is 0. The van der Waals surface area contributed by atoms with Crippen molar-refractivity contribution in [3.8, 4) is 11.8 Å². The quantitative estimate of drug-likeness (QED) is 0.837. The van der Waals surface area contributed by atoms with Crippen molar-refractivity contribution < 1.29 is 4.74 Å². The van der Waals surface area contributed by atoms with Crippen molar-refractivity contribution in [1.29, 1.82) is 5.26 Å². The Kier molecular flexibility index (Phi) is 5.10. The maximum atomic E-state index is 8.89. The van der Waals surface area contributed by atoms with E-state index in [9.17, 15) is 0 Å². The Balaban J connectivity index is 2.77. The molecule has 0 fully saturated rings. The van der Waals surface area contributed by atoms with Gasteiger partial charge in [-0.1, -0.05) is 26.8 Å². The summed E-state index contributed by atoms with van der Waals surface area (Å²) in [6, 6.07) is 7.66. The molecule has 1 atom stereocenters. The number of thiol groups is 1. The van der Waals surface area contributed by atoms with Gasteiger partial charge in [-0.3, -0.25) is 0 Å². The summed E-state index contributed by atoms with van der Waals surface area (Å²) in [7, 11) is 0. The molecule has 0 saturated heterocycles. The fraction of sp³-hybridized carbons (Fsp3) is 0.533. The molecule has 0 radical (unpaired) electrons. The van der Waals surface area contributed by atoms with Crippen LogP contribution in [0.1, 0.15) is 31.9 Å². The van der Waals surface area contributed by atoms with Crippen molar-refractivity contribution in [2.24, 2.45) is 11.3 Å². The van der Waals surface area contributed by atoms with E-state index < -0.39 is 0 Å². The molecule has 0 heterocycles. The van der Waals surface area contributed by atoms with Crippen LogP contribution in [0.2, 0.25) is 0 Å². The maximum Gasteiger partial charge on any atom is 0.123 e. The van der Waals surface area contributed by atoms with E-state index in [1.165, 1.54) is 0 Å². The molecular formula is C15H21NOS. The van der Waals surface area contributed by atoms with Crippen LogP contribution in [-0.2, 0) is 0 Å². The standard InChI is InChI=1S/C15H21NOS/c1-11-5-6-12(8-16)7-14(11)17-9-13(10-18)15(2,3)4/h5-7,13,18H,9-10H2,1-4H3. The van der Waals surface area contributed by atoms with Gasteiger partial charge >= 0.3 is 0 Å². The van der Waals surface area contributed by atoms with E-state index in [-0.39, 0.29) is 5.41 Å². The molecule has 3 heteroatoms. The lowest BCUT2D eigenvalue weighted by Gasteiger charge is -2.29. The topological polar surface area (TPSA) is 33.0 Å². The second kappa shape index (κ2) is 6.15. The van der Waals surface area contributed by atoms with Crippen molar-refractivity contribution in [3.05, 3.63) is 29.3 Å². The number of hydrogen-bond acceptors (Lipinski definition) is 3. The van der Waals surface area contributed by atoms with Gasteiger partial charge in [0.15, 0.2) is 0 Å². The number of nitriles is 1. The van der Waals surface area contributed by atoms with Crippen LogP contribution in [-0.4, -0.2) is 12.4 Å². The summed E-state index contributed by atoms with van der Waals surface area (Å²) in [6.45, 7) is 9.19. The summed E-state index contributed by atoms with van der Waals surface area (Å²) in [5, 5.41) is 8.89. The Morgan fingerprint density at radius 2 is 2.06 bits per heavy atom. The van der Waals surface area contributed by atoms with Gasteiger partial charge in [-0.2, -0.15) is 17.9 Å². The maximum absolute atomic E-state index is 8.89. The molecule has 1 rings (SSSR count). The molecule has 18 heavy (non-hydrogen) atoms. The monoisotopic (exact) mass is 263 g/mol. The number of rotatable bonds is 4. The summed E-state index contributed by atoms with van der Waals surface area (Å²) < 4.78 is 5.86. The molecule has 1 aromatic rings. The number of nitrogens with zero attached hydrogens (tertiary/aromatic N) is 1. The molecule has 0 aromatic heterocycles. The van der Waals surface area contributed by atoms with Gasteiger partial charge in [-0.05, 0) is 35.8 Å². The molecule has 98 valence electrons. The van der Waals surface area contributed by atoms with Crippen LogP contribution in [0.25, 0.3) is 0 Å². The highest BCUT2D eigenvalue weighted by atomic mass is 32.1. The lowest BCUT2D eigenvalue weighted by atomic mass is 9.82. The predicted molar refractivity (Wildman–Crippen MR) is 78.2 cm³/mol. The van der Waals surface area contributed by atoms with Gasteiger partial charge in [-0.15, -0.1) is 0 Å². The molecule has 0 aliphatic carbocycles. The summed E-state index contributed by atoms with van der Waals surface area (Å²) in [4.78, 5) is 0. The molecule has 1 unspecified atom stereocenters. The van der Waals surface area contributed by atoms with E-state index in [1.54, 1.807) is 6.07 Å². The highest BCUT2D eigenvalue weighted by Crippen LogP contribution is 2.28. The third-order valence-electron chi connectivity index (χ3n) is 3.20. The van der Waals surface area contributed by atoms with Crippen LogP contribution in [0.5, 0.6) is 5.75 Å². The van der Waals surface area contributed by atoms with Crippen LogP contribution < -0.4 is 4.74 Å². The Labute approximate surface area is 115 Å². The fourth-order valence-corrected chi connectivity index (χ4v) is 2.25. The third kappa shape index (κ3) is 3.96. The first-order valence-corrected chi connectivity index (χ1v) is 6.76. The predicted octanol–water partition coefficient (Wildman–Crippen LogP) is 3.84. The number of aryl methyl sites for hydroxylation is 1. The van der Waals surface area contributed by atoms with E-state index >= 15 is 0 Å². The molecular weight excluding hydrogens is 242 g/mol. The number of hydrogen-bond donors (Lipinski definition) is 1. The number of ether oxygens (including phenoxy) is 1. The van der Waals surface area contributed by atoms with Gasteiger partial charge in [0, 0.05) is 5.92 Å². The van der Waals surface area contributed by atoms with E-state index in [0.717, 1.165) is 17.1 Å². The van der Waals surface area contributed by atoms with Gasteiger partial charge in [-0.25, -0.2) is 0 Å².